The number of carbonyl (C=O) groups excluding carboxylic acids is 1. The Labute approximate surface area is 98.6 Å². The molecule has 0 aliphatic heterocycles. The lowest BCUT2D eigenvalue weighted by Crippen LogP contribution is -2.44. The van der Waals surface area contributed by atoms with E-state index in [2.05, 4.69) is 18.2 Å². The SMILES string of the molecule is CCC(=O)C(C)(N)CCCC1=CCCC=C1. The van der Waals surface area contributed by atoms with Crippen molar-refractivity contribution in [3.8, 4) is 0 Å². The summed E-state index contributed by atoms with van der Waals surface area (Å²) in [4.78, 5) is 11.6. The molecule has 1 unspecified atom stereocenters. The summed E-state index contributed by atoms with van der Waals surface area (Å²) in [7, 11) is 0. The first-order chi connectivity index (χ1) is 7.56. The maximum absolute atomic E-state index is 11.6. The molecule has 2 N–H and O–H groups in total. The molecule has 1 aliphatic carbocycles. The number of nitrogens with two attached hydrogens (primary N) is 1. The lowest BCUT2D eigenvalue weighted by atomic mass is 9.88. The summed E-state index contributed by atoms with van der Waals surface area (Å²) in [5, 5.41) is 0. The molecule has 0 radical (unpaired) electrons. The molecule has 1 atom stereocenters. The molecule has 2 nitrogen and oxygen atoms in total. The van der Waals surface area contributed by atoms with Gasteiger partial charge in [-0.1, -0.05) is 30.7 Å². The van der Waals surface area contributed by atoms with E-state index in [4.69, 9.17) is 5.73 Å². The van der Waals surface area contributed by atoms with Crippen LogP contribution in [0.4, 0.5) is 0 Å². The maximum Gasteiger partial charge on any atom is 0.152 e. The standard InChI is InChI=1S/C14H23NO/c1-3-13(16)14(2,15)11-7-10-12-8-5-4-6-9-12/h5,8-9H,3-4,6-7,10-11,15H2,1-2H3. The Morgan fingerprint density at radius 1 is 1.50 bits per heavy atom. The smallest absolute Gasteiger partial charge is 0.152 e. The molecule has 0 amide bonds. The average molecular weight is 221 g/mol. The van der Waals surface area contributed by atoms with Crippen LogP contribution in [0.5, 0.6) is 0 Å². The maximum atomic E-state index is 11.6. The molecular weight excluding hydrogens is 198 g/mol. The third-order valence-electron chi connectivity index (χ3n) is 3.19. The van der Waals surface area contributed by atoms with Gasteiger partial charge in [-0.2, -0.15) is 0 Å². The van der Waals surface area contributed by atoms with Crippen molar-refractivity contribution >= 4 is 5.78 Å². The molecule has 16 heavy (non-hydrogen) atoms. The van der Waals surface area contributed by atoms with E-state index < -0.39 is 5.54 Å². The lowest BCUT2D eigenvalue weighted by molar-refractivity contribution is -0.123. The van der Waals surface area contributed by atoms with Crippen LogP contribution in [0.3, 0.4) is 0 Å². The van der Waals surface area contributed by atoms with E-state index in [1.54, 1.807) is 0 Å². The van der Waals surface area contributed by atoms with Crippen molar-refractivity contribution in [3.63, 3.8) is 0 Å². The molecule has 0 saturated heterocycles. The van der Waals surface area contributed by atoms with Gasteiger partial charge < -0.3 is 5.73 Å². The number of hydrogen-bond donors (Lipinski definition) is 1. The molecule has 2 heteroatoms. The van der Waals surface area contributed by atoms with Crippen LogP contribution in [-0.4, -0.2) is 11.3 Å². The third-order valence-corrected chi connectivity index (χ3v) is 3.19. The highest BCUT2D eigenvalue weighted by Gasteiger charge is 2.25. The second kappa shape index (κ2) is 6.00. The summed E-state index contributed by atoms with van der Waals surface area (Å²) in [6, 6.07) is 0. The van der Waals surface area contributed by atoms with Crippen LogP contribution in [0.2, 0.25) is 0 Å². The topological polar surface area (TPSA) is 43.1 Å². The monoisotopic (exact) mass is 221 g/mol. The molecular formula is C14H23NO. The zero-order valence-corrected chi connectivity index (χ0v) is 10.5. The first-order valence-electron chi connectivity index (χ1n) is 6.24. The average Bonchev–Trinajstić information content (AvgIpc) is 2.29. The van der Waals surface area contributed by atoms with Gasteiger partial charge >= 0.3 is 0 Å². The number of carbonyl (C=O) groups is 1. The van der Waals surface area contributed by atoms with Crippen LogP contribution in [0.1, 0.15) is 52.4 Å². The Morgan fingerprint density at radius 2 is 2.25 bits per heavy atom. The minimum atomic E-state index is -0.631. The van der Waals surface area contributed by atoms with E-state index in [1.807, 2.05) is 13.8 Å². The Morgan fingerprint density at radius 3 is 2.81 bits per heavy atom. The quantitative estimate of drug-likeness (QED) is 0.748. The van der Waals surface area contributed by atoms with E-state index in [1.165, 1.54) is 5.57 Å². The Balaban J connectivity index is 2.32. The van der Waals surface area contributed by atoms with Crippen molar-refractivity contribution in [2.24, 2.45) is 5.73 Å². The van der Waals surface area contributed by atoms with Gasteiger partial charge in [0.2, 0.25) is 0 Å². The molecule has 0 aromatic rings. The molecule has 0 fully saturated rings. The Bertz CT molecular complexity index is 300. The first kappa shape index (κ1) is 13.2. The fraction of sp³-hybridized carbons (Fsp3) is 0.643. The van der Waals surface area contributed by atoms with Crippen molar-refractivity contribution in [1.82, 2.24) is 0 Å². The summed E-state index contributed by atoms with van der Waals surface area (Å²) < 4.78 is 0. The predicted octanol–water partition coefficient (Wildman–Crippen LogP) is 3.13. The highest BCUT2D eigenvalue weighted by Crippen LogP contribution is 2.19. The van der Waals surface area contributed by atoms with E-state index in [0.717, 1.165) is 32.1 Å². The number of rotatable bonds is 6. The number of Topliss-reactive ketones (excluding diaryl/α,β-unsaturated/α-hetero) is 1. The van der Waals surface area contributed by atoms with Crippen LogP contribution in [0.15, 0.2) is 23.8 Å². The van der Waals surface area contributed by atoms with Gasteiger partial charge in [-0.15, -0.1) is 0 Å². The Kier molecular flexibility index (Phi) is 4.94. The van der Waals surface area contributed by atoms with Gasteiger partial charge in [0.05, 0.1) is 5.54 Å². The van der Waals surface area contributed by atoms with Gasteiger partial charge in [0.15, 0.2) is 5.78 Å². The zero-order valence-electron chi connectivity index (χ0n) is 10.5. The van der Waals surface area contributed by atoms with Crippen molar-refractivity contribution in [1.29, 1.82) is 0 Å². The van der Waals surface area contributed by atoms with Gasteiger partial charge in [0.25, 0.3) is 0 Å². The van der Waals surface area contributed by atoms with E-state index in [0.29, 0.717) is 6.42 Å². The molecule has 0 aromatic heterocycles. The highest BCUT2D eigenvalue weighted by atomic mass is 16.1. The van der Waals surface area contributed by atoms with Crippen LogP contribution >= 0.6 is 0 Å². The van der Waals surface area contributed by atoms with Crippen LogP contribution in [0.25, 0.3) is 0 Å². The summed E-state index contributed by atoms with van der Waals surface area (Å²) in [5.74, 6) is 0.167. The van der Waals surface area contributed by atoms with Crippen LogP contribution in [-0.2, 0) is 4.79 Å². The van der Waals surface area contributed by atoms with Crippen molar-refractivity contribution in [3.05, 3.63) is 23.8 Å². The number of ketones is 1. The van der Waals surface area contributed by atoms with Crippen LogP contribution < -0.4 is 5.73 Å². The van der Waals surface area contributed by atoms with Gasteiger partial charge in [-0.25, -0.2) is 0 Å². The normalized spacial score (nSPS) is 19.1. The fourth-order valence-electron chi connectivity index (χ4n) is 2.06. The van der Waals surface area contributed by atoms with Gasteiger partial charge in [0, 0.05) is 6.42 Å². The molecule has 1 rings (SSSR count). The zero-order chi connectivity index (χ0) is 12.0. The minimum absolute atomic E-state index is 0.167. The minimum Gasteiger partial charge on any atom is -0.319 e. The lowest BCUT2D eigenvalue weighted by Gasteiger charge is -2.22. The van der Waals surface area contributed by atoms with Crippen molar-refractivity contribution in [2.45, 2.75) is 57.9 Å². The summed E-state index contributed by atoms with van der Waals surface area (Å²) in [6.45, 7) is 3.73. The molecule has 90 valence electrons. The van der Waals surface area contributed by atoms with Gasteiger partial charge in [0.1, 0.15) is 0 Å². The fourth-order valence-corrected chi connectivity index (χ4v) is 2.06. The van der Waals surface area contributed by atoms with Crippen LogP contribution in [0, 0.1) is 0 Å². The van der Waals surface area contributed by atoms with Gasteiger partial charge in [-0.05, 0) is 39.0 Å². The molecule has 0 spiro atoms. The largest absolute Gasteiger partial charge is 0.319 e. The number of allylic oxidation sites excluding steroid dienone is 4. The molecule has 0 aromatic carbocycles. The van der Waals surface area contributed by atoms with E-state index in [-0.39, 0.29) is 5.78 Å². The Hall–Kier alpha value is -0.890. The van der Waals surface area contributed by atoms with Gasteiger partial charge in [-0.3, -0.25) is 4.79 Å². The van der Waals surface area contributed by atoms with Crippen molar-refractivity contribution < 1.29 is 4.79 Å². The summed E-state index contributed by atoms with van der Waals surface area (Å²) in [5.41, 5.74) is 6.76. The molecule has 0 bridgehead atoms. The van der Waals surface area contributed by atoms with E-state index in [9.17, 15) is 4.79 Å². The second-order valence-corrected chi connectivity index (χ2v) is 4.81. The molecule has 0 saturated carbocycles. The summed E-state index contributed by atoms with van der Waals surface area (Å²) in [6.07, 6.45) is 12.4. The van der Waals surface area contributed by atoms with Crippen molar-refractivity contribution in [2.75, 3.05) is 0 Å². The number of hydrogen-bond acceptors (Lipinski definition) is 2. The van der Waals surface area contributed by atoms with E-state index >= 15 is 0 Å². The molecule has 0 heterocycles. The second-order valence-electron chi connectivity index (χ2n) is 4.81. The first-order valence-corrected chi connectivity index (χ1v) is 6.24. The third kappa shape index (κ3) is 3.93. The molecule has 1 aliphatic rings. The predicted molar refractivity (Wildman–Crippen MR) is 68.2 cm³/mol. The highest BCUT2D eigenvalue weighted by molar-refractivity contribution is 5.87. The summed E-state index contributed by atoms with van der Waals surface area (Å²) >= 11 is 0.